The second kappa shape index (κ2) is 7.36. The molecule has 1 heterocycles. The number of nitrogens with zero attached hydrogens (tertiary/aromatic N) is 1. The summed E-state index contributed by atoms with van der Waals surface area (Å²) in [4.78, 5) is 28.5. The molecule has 28 heavy (non-hydrogen) atoms. The first-order chi connectivity index (χ1) is 13.7. The molecule has 0 unspecified atom stereocenters. The molecule has 0 bridgehead atoms. The molecule has 6 nitrogen and oxygen atoms in total. The molecular formula is C22H17N3O3. The number of hydrazone groups is 1. The van der Waals surface area contributed by atoms with Crippen LogP contribution in [0.3, 0.4) is 0 Å². The minimum atomic E-state index is -0.402. The van der Waals surface area contributed by atoms with E-state index in [9.17, 15) is 9.59 Å². The van der Waals surface area contributed by atoms with E-state index in [2.05, 4.69) is 15.5 Å². The highest BCUT2D eigenvalue weighted by molar-refractivity contribution is 6.07. The Morgan fingerprint density at radius 3 is 2.54 bits per heavy atom. The van der Waals surface area contributed by atoms with E-state index >= 15 is 0 Å². The van der Waals surface area contributed by atoms with Crippen molar-refractivity contribution < 1.29 is 9.53 Å². The third kappa shape index (κ3) is 3.23. The number of pyridine rings is 1. The van der Waals surface area contributed by atoms with Gasteiger partial charge in [-0.15, -0.1) is 0 Å². The van der Waals surface area contributed by atoms with Crippen LogP contribution in [0.25, 0.3) is 21.8 Å². The summed E-state index contributed by atoms with van der Waals surface area (Å²) in [6, 6.07) is 19.6. The average molecular weight is 371 g/mol. The number of carbonyl (C=O) groups excluding carboxylic acids is 1. The van der Waals surface area contributed by atoms with E-state index < -0.39 is 5.91 Å². The Morgan fingerprint density at radius 2 is 1.75 bits per heavy atom. The van der Waals surface area contributed by atoms with Crippen molar-refractivity contribution in [3.63, 3.8) is 0 Å². The van der Waals surface area contributed by atoms with Crippen LogP contribution in [0, 0.1) is 0 Å². The van der Waals surface area contributed by atoms with Gasteiger partial charge in [0, 0.05) is 16.3 Å². The largest absolute Gasteiger partial charge is 0.497 e. The van der Waals surface area contributed by atoms with Gasteiger partial charge < -0.3 is 9.72 Å². The van der Waals surface area contributed by atoms with E-state index in [0.29, 0.717) is 27.4 Å². The number of para-hydroxylation sites is 2. The van der Waals surface area contributed by atoms with Gasteiger partial charge in [-0.3, -0.25) is 9.59 Å². The Kier molecular flexibility index (Phi) is 4.60. The first-order valence-corrected chi connectivity index (χ1v) is 8.68. The molecule has 0 saturated carbocycles. The quantitative estimate of drug-likeness (QED) is 0.327. The van der Waals surface area contributed by atoms with Crippen LogP contribution in [0.4, 0.5) is 0 Å². The Balaban J connectivity index is 1.65. The average Bonchev–Trinajstić information content (AvgIpc) is 2.74. The van der Waals surface area contributed by atoms with E-state index in [1.54, 1.807) is 37.6 Å². The number of hydrogen-bond donors (Lipinski definition) is 2. The monoisotopic (exact) mass is 371 g/mol. The summed E-state index contributed by atoms with van der Waals surface area (Å²) in [5, 5.41) is 5.06. The summed E-state index contributed by atoms with van der Waals surface area (Å²) < 4.78 is 5.11. The van der Waals surface area contributed by atoms with E-state index in [1.165, 1.54) is 0 Å². The number of amides is 1. The molecule has 6 heteroatoms. The molecular weight excluding hydrogens is 354 g/mol. The Hall–Kier alpha value is -3.93. The fourth-order valence-corrected chi connectivity index (χ4v) is 3.05. The first kappa shape index (κ1) is 17.5. The van der Waals surface area contributed by atoms with Crippen LogP contribution in [-0.4, -0.2) is 24.2 Å². The maximum Gasteiger partial charge on any atom is 0.273 e. The highest BCUT2D eigenvalue weighted by atomic mass is 16.5. The third-order valence-corrected chi connectivity index (χ3v) is 4.48. The lowest BCUT2D eigenvalue weighted by Crippen LogP contribution is -2.19. The van der Waals surface area contributed by atoms with E-state index in [1.807, 2.05) is 42.5 Å². The highest BCUT2D eigenvalue weighted by Crippen LogP contribution is 2.18. The van der Waals surface area contributed by atoms with Crippen molar-refractivity contribution in [2.75, 3.05) is 7.11 Å². The number of fused-ring (bicyclic) bond motifs is 2. The third-order valence-electron chi connectivity index (χ3n) is 4.48. The molecule has 0 fully saturated rings. The Morgan fingerprint density at radius 1 is 1.00 bits per heavy atom. The summed E-state index contributed by atoms with van der Waals surface area (Å²) in [5.74, 6) is 0.342. The SMILES string of the molecule is COc1ccc(/C=N/NC(=O)c2cccc3c(=O)c4ccccc4[nH]c23)cc1. The standard InChI is InChI=1S/C22H17N3O3/c1-28-15-11-9-14(10-12-15)13-23-25-22(27)18-7-4-6-17-20(18)24-19-8-3-2-5-16(19)21(17)26/h2-13H,1H3,(H,24,26)(H,25,27)/b23-13+. The molecule has 138 valence electrons. The van der Waals surface area contributed by atoms with Gasteiger partial charge in [0.05, 0.1) is 24.4 Å². The van der Waals surface area contributed by atoms with Crippen molar-refractivity contribution >= 4 is 33.9 Å². The summed E-state index contributed by atoms with van der Waals surface area (Å²) >= 11 is 0. The molecule has 4 aromatic rings. The Labute approximate surface area is 160 Å². The van der Waals surface area contributed by atoms with Gasteiger partial charge in [0.25, 0.3) is 5.91 Å². The van der Waals surface area contributed by atoms with Crippen molar-refractivity contribution in [1.29, 1.82) is 0 Å². The maximum atomic E-state index is 12.7. The van der Waals surface area contributed by atoms with Crippen LogP contribution in [-0.2, 0) is 0 Å². The second-order valence-corrected chi connectivity index (χ2v) is 6.20. The Bertz CT molecular complexity index is 1260. The molecule has 4 rings (SSSR count). The predicted octanol–water partition coefficient (Wildman–Crippen LogP) is 3.45. The highest BCUT2D eigenvalue weighted by Gasteiger charge is 2.13. The summed E-state index contributed by atoms with van der Waals surface area (Å²) in [6.45, 7) is 0. The fraction of sp³-hybridized carbons (Fsp3) is 0.0455. The lowest BCUT2D eigenvalue weighted by atomic mass is 10.1. The van der Waals surface area contributed by atoms with Gasteiger partial charge >= 0.3 is 0 Å². The van der Waals surface area contributed by atoms with Crippen molar-refractivity contribution in [1.82, 2.24) is 10.4 Å². The molecule has 0 aliphatic heterocycles. The maximum absolute atomic E-state index is 12.7. The van der Waals surface area contributed by atoms with Crippen LogP contribution in [0.1, 0.15) is 15.9 Å². The van der Waals surface area contributed by atoms with Crippen molar-refractivity contribution in [2.24, 2.45) is 5.10 Å². The number of hydrogen-bond acceptors (Lipinski definition) is 4. The van der Waals surface area contributed by atoms with Crippen molar-refractivity contribution in [3.8, 4) is 5.75 Å². The lowest BCUT2D eigenvalue weighted by Gasteiger charge is -2.07. The van der Waals surface area contributed by atoms with Crippen LogP contribution < -0.4 is 15.6 Å². The van der Waals surface area contributed by atoms with E-state index in [4.69, 9.17) is 4.74 Å². The fourth-order valence-electron chi connectivity index (χ4n) is 3.05. The van der Waals surface area contributed by atoms with Gasteiger partial charge in [-0.1, -0.05) is 18.2 Å². The number of nitrogens with one attached hydrogen (secondary N) is 2. The minimum Gasteiger partial charge on any atom is -0.497 e. The number of aromatic nitrogens is 1. The zero-order valence-electron chi connectivity index (χ0n) is 15.1. The number of rotatable bonds is 4. The molecule has 0 saturated heterocycles. The molecule has 1 aromatic heterocycles. The van der Waals surface area contributed by atoms with E-state index in [-0.39, 0.29) is 5.43 Å². The molecule has 0 aliphatic carbocycles. The molecule has 1 amide bonds. The summed E-state index contributed by atoms with van der Waals surface area (Å²) in [5.41, 5.74) is 4.75. The molecule has 0 aliphatic rings. The summed E-state index contributed by atoms with van der Waals surface area (Å²) in [6.07, 6.45) is 1.54. The number of aromatic amines is 1. The van der Waals surface area contributed by atoms with Crippen molar-refractivity contribution in [2.45, 2.75) is 0 Å². The van der Waals surface area contributed by atoms with Gasteiger partial charge in [-0.2, -0.15) is 5.10 Å². The minimum absolute atomic E-state index is 0.110. The number of H-pyrrole nitrogens is 1. The normalized spacial score (nSPS) is 11.2. The van der Waals surface area contributed by atoms with E-state index in [0.717, 1.165) is 11.3 Å². The summed E-state index contributed by atoms with van der Waals surface area (Å²) in [7, 11) is 1.60. The van der Waals surface area contributed by atoms with Crippen molar-refractivity contribution in [3.05, 3.63) is 88.1 Å². The van der Waals surface area contributed by atoms with Gasteiger partial charge in [0.2, 0.25) is 0 Å². The second-order valence-electron chi connectivity index (χ2n) is 6.20. The smallest absolute Gasteiger partial charge is 0.273 e. The lowest BCUT2D eigenvalue weighted by molar-refractivity contribution is 0.0956. The molecule has 0 atom stereocenters. The van der Waals surface area contributed by atoms with Gasteiger partial charge in [0.15, 0.2) is 5.43 Å². The van der Waals surface area contributed by atoms with Crippen LogP contribution >= 0.6 is 0 Å². The van der Waals surface area contributed by atoms with Gasteiger partial charge in [-0.05, 0) is 54.1 Å². The zero-order chi connectivity index (χ0) is 19.5. The topological polar surface area (TPSA) is 83.5 Å². The van der Waals surface area contributed by atoms with Gasteiger partial charge in [0.1, 0.15) is 5.75 Å². The number of ether oxygens (including phenoxy) is 1. The number of benzene rings is 3. The number of methoxy groups -OCH3 is 1. The zero-order valence-corrected chi connectivity index (χ0v) is 15.1. The first-order valence-electron chi connectivity index (χ1n) is 8.68. The van der Waals surface area contributed by atoms with Crippen LogP contribution in [0.5, 0.6) is 5.75 Å². The molecule has 0 spiro atoms. The predicted molar refractivity (Wildman–Crippen MR) is 110 cm³/mol. The number of carbonyl (C=O) groups is 1. The molecule has 2 N–H and O–H groups in total. The van der Waals surface area contributed by atoms with Gasteiger partial charge in [-0.25, -0.2) is 5.43 Å². The molecule has 0 radical (unpaired) electrons. The van der Waals surface area contributed by atoms with Crippen LogP contribution in [0.15, 0.2) is 76.6 Å². The van der Waals surface area contributed by atoms with Crippen LogP contribution in [0.2, 0.25) is 0 Å². The molecule has 3 aromatic carbocycles.